The predicted octanol–water partition coefficient (Wildman–Crippen LogP) is 3.41. The van der Waals surface area contributed by atoms with Crippen molar-refractivity contribution in [1.29, 1.82) is 0 Å². The number of fused-ring (bicyclic) bond motifs is 1. The summed E-state index contributed by atoms with van der Waals surface area (Å²) in [6, 6.07) is 11.8. The molecular weight excluding hydrogens is 437 g/mol. The van der Waals surface area contributed by atoms with E-state index in [9.17, 15) is 9.18 Å². The number of amides is 1. The van der Waals surface area contributed by atoms with Crippen molar-refractivity contribution in [3.63, 3.8) is 0 Å². The highest BCUT2D eigenvalue weighted by molar-refractivity contribution is 5.91. The minimum atomic E-state index is -0.630. The minimum absolute atomic E-state index is 0.172. The van der Waals surface area contributed by atoms with Crippen LogP contribution in [0.1, 0.15) is 36.2 Å². The van der Waals surface area contributed by atoms with E-state index < -0.39 is 5.91 Å². The van der Waals surface area contributed by atoms with Gasteiger partial charge in [-0.25, -0.2) is 18.9 Å². The van der Waals surface area contributed by atoms with E-state index in [4.69, 9.17) is 10.7 Å². The van der Waals surface area contributed by atoms with Gasteiger partial charge in [0.2, 0.25) is 0 Å². The molecular formula is C23H22FN9O. The fourth-order valence-corrected chi connectivity index (χ4v) is 3.59. The van der Waals surface area contributed by atoms with E-state index in [1.807, 2.05) is 30.8 Å². The van der Waals surface area contributed by atoms with Gasteiger partial charge in [-0.2, -0.15) is 10.2 Å². The Balaban J connectivity index is 1.57. The highest BCUT2D eigenvalue weighted by atomic mass is 19.1. The van der Waals surface area contributed by atoms with Gasteiger partial charge in [0, 0.05) is 17.9 Å². The van der Waals surface area contributed by atoms with Gasteiger partial charge in [-0.1, -0.05) is 6.07 Å². The summed E-state index contributed by atoms with van der Waals surface area (Å²) in [4.78, 5) is 24.0. The van der Waals surface area contributed by atoms with Crippen LogP contribution < -0.4 is 11.1 Å². The Labute approximate surface area is 193 Å². The summed E-state index contributed by atoms with van der Waals surface area (Å²) in [5.41, 5.74) is 9.18. The zero-order valence-electron chi connectivity index (χ0n) is 18.5. The number of hydrogen-bond acceptors (Lipinski definition) is 6. The van der Waals surface area contributed by atoms with Gasteiger partial charge in [-0.05, 0) is 50.2 Å². The van der Waals surface area contributed by atoms with Crippen molar-refractivity contribution in [3.8, 4) is 22.8 Å². The molecule has 0 fully saturated rings. The van der Waals surface area contributed by atoms with Gasteiger partial charge < -0.3 is 16.0 Å². The second-order valence-electron chi connectivity index (χ2n) is 8.04. The summed E-state index contributed by atoms with van der Waals surface area (Å²) in [6.07, 6.45) is 3.28. The Morgan fingerprint density at radius 2 is 2.03 bits per heavy atom. The number of carbonyl (C=O) groups is 1. The topological polar surface area (TPSA) is 132 Å². The highest BCUT2D eigenvalue weighted by Crippen LogP contribution is 2.29. The number of primary amides is 1. The number of H-pyrrole nitrogens is 1. The van der Waals surface area contributed by atoms with Crippen molar-refractivity contribution in [2.45, 2.75) is 26.4 Å². The lowest BCUT2D eigenvalue weighted by molar-refractivity contribution is 0.0993. The number of anilines is 1. The van der Waals surface area contributed by atoms with E-state index >= 15 is 0 Å². The molecule has 4 heterocycles. The number of nitrogens with zero attached hydrogens (tertiary/aromatic N) is 6. The zero-order chi connectivity index (χ0) is 23.8. The molecule has 34 heavy (non-hydrogen) atoms. The first-order valence-electron chi connectivity index (χ1n) is 10.7. The maximum atomic E-state index is 13.5. The lowest BCUT2D eigenvalue weighted by Crippen LogP contribution is -2.15. The third kappa shape index (κ3) is 3.98. The lowest BCUT2D eigenvalue weighted by Gasteiger charge is -2.04. The number of hydrogen-bond donors (Lipinski definition) is 3. The van der Waals surface area contributed by atoms with E-state index in [1.54, 1.807) is 24.3 Å². The van der Waals surface area contributed by atoms with Crippen molar-refractivity contribution in [2.75, 3.05) is 5.32 Å². The standard InChI is InChI=1S/C23H22FN9O/c1-13(2)32-9-8-17(30-32)22-21(16-6-7-20-27-11-18(23(25)34)33(20)31-16)28-19(29-22)12-26-15-5-3-4-14(24)10-15/h3-11,13,26H,12H2,1-2H3,(H2,25,34)(H,28,29). The molecule has 0 bridgehead atoms. The van der Waals surface area contributed by atoms with Crippen LogP contribution in [0, 0.1) is 5.82 Å². The van der Waals surface area contributed by atoms with Crippen molar-refractivity contribution < 1.29 is 9.18 Å². The maximum absolute atomic E-state index is 13.5. The molecule has 0 aliphatic heterocycles. The van der Waals surface area contributed by atoms with E-state index in [0.717, 1.165) is 0 Å². The summed E-state index contributed by atoms with van der Waals surface area (Å²) in [5.74, 6) is -0.348. The molecule has 0 aliphatic rings. The SMILES string of the molecule is CC(C)n1ccc(-c2[nH]c(CNc3cccc(F)c3)nc2-c2ccc3ncc(C(N)=O)n3n2)n1. The Bertz CT molecular complexity index is 1500. The molecule has 1 aromatic carbocycles. The molecule has 1 amide bonds. The van der Waals surface area contributed by atoms with Gasteiger partial charge in [0.1, 0.15) is 34.4 Å². The van der Waals surface area contributed by atoms with Gasteiger partial charge in [0.25, 0.3) is 5.91 Å². The number of aromatic amines is 1. The lowest BCUT2D eigenvalue weighted by atomic mass is 10.2. The molecule has 0 saturated heterocycles. The summed E-state index contributed by atoms with van der Waals surface area (Å²) in [6.45, 7) is 4.40. The molecule has 0 unspecified atom stereocenters. The van der Waals surface area contributed by atoms with Crippen LogP contribution in [0.2, 0.25) is 0 Å². The van der Waals surface area contributed by atoms with Crippen LogP contribution in [-0.4, -0.2) is 40.3 Å². The third-order valence-corrected chi connectivity index (χ3v) is 5.29. The van der Waals surface area contributed by atoms with E-state index in [-0.39, 0.29) is 17.6 Å². The summed E-state index contributed by atoms with van der Waals surface area (Å²) < 4.78 is 16.8. The molecule has 172 valence electrons. The first-order valence-corrected chi connectivity index (χ1v) is 10.7. The van der Waals surface area contributed by atoms with E-state index in [0.29, 0.717) is 46.5 Å². The van der Waals surface area contributed by atoms with Crippen LogP contribution >= 0.6 is 0 Å². The number of imidazole rings is 2. The van der Waals surface area contributed by atoms with Gasteiger partial charge in [-0.3, -0.25) is 9.48 Å². The Morgan fingerprint density at radius 3 is 2.76 bits per heavy atom. The number of halogens is 1. The third-order valence-electron chi connectivity index (χ3n) is 5.29. The summed E-state index contributed by atoms with van der Waals surface area (Å²) in [7, 11) is 0. The quantitative estimate of drug-likeness (QED) is 0.342. The van der Waals surface area contributed by atoms with Gasteiger partial charge in [-0.15, -0.1) is 0 Å². The van der Waals surface area contributed by atoms with Crippen molar-refractivity contribution in [3.05, 3.63) is 72.2 Å². The maximum Gasteiger partial charge on any atom is 0.269 e. The smallest absolute Gasteiger partial charge is 0.269 e. The first kappa shape index (κ1) is 21.3. The molecule has 5 aromatic rings. The van der Waals surface area contributed by atoms with Crippen molar-refractivity contribution in [2.24, 2.45) is 5.73 Å². The van der Waals surface area contributed by atoms with E-state index in [1.165, 1.54) is 22.8 Å². The molecule has 0 aliphatic carbocycles. The Morgan fingerprint density at radius 1 is 1.18 bits per heavy atom. The van der Waals surface area contributed by atoms with Crippen LogP contribution in [0.25, 0.3) is 28.4 Å². The fourth-order valence-electron chi connectivity index (χ4n) is 3.59. The number of rotatable bonds is 7. The normalized spacial score (nSPS) is 11.4. The Hall–Kier alpha value is -4.54. The molecule has 0 atom stereocenters. The van der Waals surface area contributed by atoms with Crippen LogP contribution in [-0.2, 0) is 6.54 Å². The van der Waals surface area contributed by atoms with Gasteiger partial charge in [0.05, 0.1) is 18.4 Å². The Kier molecular flexibility index (Phi) is 5.28. The molecule has 0 radical (unpaired) electrons. The summed E-state index contributed by atoms with van der Waals surface area (Å²) in [5, 5.41) is 12.4. The predicted molar refractivity (Wildman–Crippen MR) is 124 cm³/mol. The monoisotopic (exact) mass is 459 g/mol. The van der Waals surface area contributed by atoms with Gasteiger partial charge in [0.15, 0.2) is 5.65 Å². The molecule has 5 rings (SSSR count). The number of aromatic nitrogens is 7. The highest BCUT2D eigenvalue weighted by Gasteiger charge is 2.20. The van der Waals surface area contributed by atoms with Crippen molar-refractivity contribution >= 4 is 17.2 Å². The molecule has 4 aromatic heterocycles. The molecule has 4 N–H and O–H groups in total. The van der Waals surface area contributed by atoms with Gasteiger partial charge >= 0.3 is 0 Å². The fraction of sp³-hybridized carbons (Fsp3) is 0.174. The minimum Gasteiger partial charge on any atom is -0.378 e. The van der Waals surface area contributed by atoms with Crippen LogP contribution in [0.15, 0.2) is 54.9 Å². The second kappa shape index (κ2) is 8.43. The first-order chi connectivity index (χ1) is 16.4. The van der Waals surface area contributed by atoms with Crippen molar-refractivity contribution in [1.82, 2.24) is 34.3 Å². The zero-order valence-corrected chi connectivity index (χ0v) is 18.5. The largest absolute Gasteiger partial charge is 0.378 e. The summed E-state index contributed by atoms with van der Waals surface area (Å²) >= 11 is 0. The molecule has 0 saturated carbocycles. The second-order valence-corrected chi connectivity index (χ2v) is 8.04. The van der Waals surface area contributed by atoms with Crippen LogP contribution in [0.4, 0.5) is 10.1 Å². The molecule has 0 spiro atoms. The number of nitrogens with two attached hydrogens (primary N) is 1. The van der Waals surface area contributed by atoms with Crippen LogP contribution in [0.5, 0.6) is 0 Å². The van der Waals surface area contributed by atoms with E-state index in [2.05, 4.69) is 25.5 Å². The average molecular weight is 459 g/mol. The number of nitrogens with one attached hydrogen (secondary N) is 2. The average Bonchev–Trinajstić information content (AvgIpc) is 3.55. The number of benzene rings is 1. The molecule has 11 heteroatoms. The number of carbonyl (C=O) groups excluding carboxylic acids is 1. The van der Waals surface area contributed by atoms with Crippen LogP contribution in [0.3, 0.4) is 0 Å². The molecule has 10 nitrogen and oxygen atoms in total.